The van der Waals surface area contributed by atoms with Crippen LogP contribution in [0.1, 0.15) is 162 Å². The number of allylic oxidation sites excluding steroid dienone is 2. The van der Waals surface area contributed by atoms with Crippen molar-refractivity contribution in [2.75, 3.05) is 0 Å². The molecule has 0 aliphatic heterocycles. The maximum absolute atomic E-state index is 2.39. The van der Waals surface area contributed by atoms with E-state index in [9.17, 15) is 0 Å². The van der Waals surface area contributed by atoms with E-state index < -0.39 is 0 Å². The molecular weight excluding hydrogens is 324 g/mol. The van der Waals surface area contributed by atoms with Crippen molar-refractivity contribution in [3.05, 3.63) is 12.2 Å². The van der Waals surface area contributed by atoms with Crippen molar-refractivity contribution < 1.29 is 0 Å². The second kappa shape index (κ2) is 25.7. The molecule has 0 amide bonds. The summed E-state index contributed by atoms with van der Waals surface area (Å²) in [5.41, 5.74) is 0. The molecule has 0 nitrogen and oxygen atoms in total. The van der Waals surface area contributed by atoms with Crippen molar-refractivity contribution in [2.45, 2.75) is 162 Å². The van der Waals surface area contributed by atoms with Gasteiger partial charge in [-0.2, -0.15) is 0 Å². The zero-order valence-electron chi connectivity index (χ0n) is 19.4. The lowest BCUT2D eigenvalue weighted by atomic mass is 10.0. The third-order valence-corrected chi connectivity index (χ3v) is 5.85. The monoisotopic (exact) mass is 378 g/mol. The zero-order valence-corrected chi connectivity index (χ0v) is 19.4. The van der Waals surface area contributed by atoms with Crippen molar-refractivity contribution >= 4 is 0 Å². The van der Waals surface area contributed by atoms with E-state index in [0.29, 0.717) is 0 Å². The topological polar surface area (TPSA) is 0 Å². The molecule has 0 radical (unpaired) electrons. The van der Waals surface area contributed by atoms with E-state index in [1.807, 2.05) is 0 Å². The number of hydrogen-bond acceptors (Lipinski definition) is 0. The molecule has 0 atom stereocenters. The molecule has 0 aromatic carbocycles. The molecule has 27 heavy (non-hydrogen) atoms. The van der Waals surface area contributed by atoms with Crippen LogP contribution in [-0.2, 0) is 0 Å². The van der Waals surface area contributed by atoms with Gasteiger partial charge in [0.05, 0.1) is 0 Å². The average molecular weight is 379 g/mol. The van der Waals surface area contributed by atoms with Gasteiger partial charge in [-0.25, -0.2) is 0 Å². The van der Waals surface area contributed by atoms with Crippen molar-refractivity contribution in [3.8, 4) is 0 Å². The van der Waals surface area contributed by atoms with Gasteiger partial charge in [0.15, 0.2) is 0 Å². The zero-order chi connectivity index (χ0) is 19.7. The van der Waals surface area contributed by atoms with Crippen molar-refractivity contribution in [3.63, 3.8) is 0 Å². The van der Waals surface area contributed by atoms with E-state index >= 15 is 0 Å². The van der Waals surface area contributed by atoms with Crippen molar-refractivity contribution in [2.24, 2.45) is 0 Å². The Labute approximate surface area is 174 Å². The van der Waals surface area contributed by atoms with Crippen LogP contribution in [0.4, 0.5) is 0 Å². The quantitative estimate of drug-likeness (QED) is 0.122. The van der Waals surface area contributed by atoms with Gasteiger partial charge in [0.2, 0.25) is 0 Å². The van der Waals surface area contributed by atoms with Crippen molar-refractivity contribution in [1.29, 1.82) is 0 Å². The van der Waals surface area contributed by atoms with Gasteiger partial charge in [0.25, 0.3) is 0 Å². The third kappa shape index (κ3) is 25.7. The predicted molar refractivity (Wildman–Crippen MR) is 127 cm³/mol. The summed E-state index contributed by atoms with van der Waals surface area (Å²) in [4.78, 5) is 0. The lowest BCUT2D eigenvalue weighted by Gasteiger charge is -2.04. The third-order valence-electron chi connectivity index (χ3n) is 5.85. The lowest BCUT2D eigenvalue weighted by molar-refractivity contribution is 0.522. The normalized spacial score (nSPS) is 11.6. The largest absolute Gasteiger partial charge is 0.0885 e. The molecule has 0 heteroatoms. The molecule has 0 rings (SSSR count). The molecule has 162 valence electrons. The summed E-state index contributed by atoms with van der Waals surface area (Å²) in [5.74, 6) is 0. The molecule has 0 saturated carbocycles. The predicted octanol–water partition coefficient (Wildman–Crippen LogP) is 10.6. The van der Waals surface area contributed by atoms with Crippen LogP contribution in [-0.4, -0.2) is 0 Å². The van der Waals surface area contributed by atoms with Gasteiger partial charge in [-0.3, -0.25) is 0 Å². The molecule has 0 bridgehead atoms. The Morgan fingerprint density at radius 1 is 0.296 bits per heavy atom. The molecule has 0 heterocycles. The van der Waals surface area contributed by atoms with E-state index in [-0.39, 0.29) is 0 Å². The highest BCUT2D eigenvalue weighted by molar-refractivity contribution is 4.80. The van der Waals surface area contributed by atoms with Gasteiger partial charge in [-0.15, -0.1) is 0 Å². The molecule has 0 unspecified atom stereocenters. The van der Waals surface area contributed by atoms with E-state index in [1.165, 1.54) is 148 Å². The smallest absolute Gasteiger partial charge is 0.0351 e. The SMILES string of the molecule is CCC/C=C/CCCCCCCCCCCCCCCCCCCCCC. The van der Waals surface area contributed by atoms with Crippen LogP contribution < -0.4 is 0 Å². The molecule has 0 aliphatic rings. The summed E-state index contributed by atoms with van der Waals surface area (Å²) in [6.45, 7) is 4.55. The molecular formula is C27H54. The first-order chi connectivity index (χ1) is 13.4. The fourth-order valence-electron chi connectivity index (χ4n) is 3.92. The Morgan fingerprint density at radius 2 is 0.593 bits per heavy atom. The van der Waals surface area contributed by atoms with E-state index in [4.69, 9.17) is 0 Å². The lowest BCUT2D eigenvalue weighted by Crippen LogP contribution is -1.84. The van der Waals surface area contributed by atoms with Gasteiger partial charge in [0, 0.05) is 0 Å². The molecule has 0 saturated heterocycles. The minimum atomic E-state index is 1.26. The highest BCUT2D eigenvalue weighted by atomic mass is 14.0. The van der Waals surface area contributed by atoms with E-state index in [1.54, 1.807) is 0 Å². The molecule has 0 fully saturated rings. The average Bonchev–Trinajstić information content (AvgIpc) is 2.68. The second-order valence-corrected chi connectivity index (χ2v) is 8.77. The summed E-state index contributed by atoms with van der Waals surface area (Å²) in [6, 6.07) is 0. The maximum Gasteiger partial charge on any atom is -0.0351 e. The van der Waals surface area contributed by atoms with E-state index in [2.05, 4.69) is 26.0 Å². The highest BCUT2D eigenvalue weighted by Gasteiger charge is 1.95. The Kier molecular flexibility index (Phi) is 25.5. The maximum atomic E-state index is 2.39. The van der Waals surface area contributed by atoms with Crippen LogP contribution in [0, 0.1) is 0 Å². The van der Waals surface area contributed by atoms with Gasteiger partial charge in [-0.05, 0) is 19.3 Å². The van der Waals surface area contributed by atoms with Gasteiger partial charge in [-0.1, -0.05) is 154 Å². The first-order valence-electron chi connectivity index (χ1n) is 13.1. The Bertz CT molecular complexity index is 265. The van der Waals surface area contributed by atoms with Crippen LogP contribution in [0.5, 0.6) is 0 Å². The van der Waals surface area contributed by atoms with Crippen LogP contribution in [0.15, 0.2) is 12.2 Å². The number of unbranched alkanes of at least 4 members (excludes halogenated alkanes) is 21. The van der Waals surface area contributed by atoms with Gasteiger partial charge >= 0.3 is 0 Å². The van der Waals surface area contributed by atoms with Crippen molar-refractivity contribution in [1.82, 2.24) is 0 Å². The molecule has 0 aromatic heterocycles. The summed E-state index contributed by atoms with van der Waals surface area (Å²) >= 11 is 0. The number of rotatable bonds is 23. The first-order valence-corrected chi connectivity index (χ1v) is 13.1. The fourth-order valence-corrected chi connectivity index (χ4v) is 3.92. The summed E-state index contributed by atoms with van der Waals surface area (Å²) in [7, 11) is 0. The molecule has 0 spiro atoms. The Hall–Kier alpha value is -0.260. The summed E-state index contributed by atoms with van der Waals surface area (Å²) in [6.07, 6.45) is 37.9. The van der Waals surface area contributed by atoms with Gasteiger partial charge in [0.1, 0.15) is 0 Å². The van der Waals surface area contributed by atoms with Gasteiger partial charge < -0.3 is 0 Å². The number of hydrogen-bond donors (Lipinski definition) is 0. The molecule has 0 aliphatic carbocycles. The Balaban J connectivity index is 2.99. The molecule has 0 N–H and O–H groups in total. The first kappa shape index (κ1) is 26.7. The highest BCUT2D eigenvalue weighted by Crippen LogP contribution is 2.15. The Morgan fingerprint density at radius 3 is 0.926 bits per heavy atom. The fraction of sp³-hybridized carbons (Fsp3) is 0.926. The molecule has 0 aromatic rings. The van der Waals surface area contributed by atoms with Crippen LogP contribution >= 0.6 is 0 Å². The van der Waals surface area contributed by atoms with Crippen LogP contribution in [0.2, 0.25) is 0 Å². The summed E-state index contributed by atoms with van der Waals surface area (Å²) in [5, 5.41) is 0. The van der Waals surface area contributed by atoms with E-state index in [0.717, 1.165) is 0 Å². The standard InChI is InChI=1S/C27H54/c1-3-5-7-9-11-13-15-17-19-21-23-25-27-26-24-22-20-18-16-14-12-10-8-6-4-2/h7,9H,3-6,8,10-27H2,1-2H3/b9-7+. The second-order valence-electron chi connectivity index (χ2n) is 8.77. The summed E-state index contributed by atoms with van der Waals surface area (Å²) < 4.78 is 0. The van der Waals surface area contributed by atoms with Crippen LogP contribution in [0.25, 0.3) is 0 Å². The van der Waals surface area contributed by atoms with Crippen LogP contribution in [0.3, 0.4) is 0 Å². The minimum absolute atomic E-state index is 1.26. The minimum Gasteiger partial charge on any atom is -0.0885 e.